The molecule has 106 valence electrons. The van der Waals surface area contributed by atoms with E-state index in [2.05, 4.69) is 15.0 Å². The first-order chi connectivity index (χ1) is 9.58. The molecule has 5 nitrogen and oxygen atoms in total. The molecule has 1 atom stereocenters. The number of aryl methyl sites for hydroxylation is 1. The summed E-state index contributed by atoms with van der Waals surface area (Å²) in [6.07, 6.45) is 2.82. The van der Waals surface area contributed by atoms with Crippen molar-refractivity contribution in [2.75, 3.05) is 0 Å². The summed E-state index contributed by atoms with van der Waals surface area (Å²) >= 11 is 1.35. The van der Waals surface area contributed by atoms with E-state index in [4.69, 9.17) is 0 Å². The fourth-order valence-corrected chi connectivity index (χ4v) is 2.51. The van der Waals surface area contributed by atoms with Crippen molar-refractivity contribution in [3.8, 4) is 0 Å². The van der Waals surface area contributed by atoms with Crippen LogP contribution in [0.4, 0.5) is 0 Å². The topological polar surface area (TPSA) is 78.9 Å². The molecule has 0 aliphatic rings. The number of nitrogens with zero attached hydrogens (tertiary/aromatic N) is 2. The SMILES string of the molecule is CCCc1cc(=O)[nH]c(Sc2ccc(C(C)O)nc2)n1. The van der Waals surface area contributed by atoms with E-state index in [1.165, 1.54) is 17.8 Å². The molecule has 0 saturated carbocycles. The van der Waals surface area contributed by atoms with Crippen molar-refractivity contribution in [2.24, 2.45) is 0 Å². The quantitative estimate of drug-likeness (QED) is 0.827. The minimum Gasteiger partial charge on any atom is -0.387 e. The van der Waals surface area contributed by atoms with E-state index in [-0.39, 0.29) is 5.56 Å². The zero-order valence-corrected chi connectivity index (χ0v) is 12.3. The number of rotatable bonds is 5. The normalized spacial score (nSPS) is 12.3. The first-order valence-corrected chi connectivity index (χ1v) is 7.32. The predicted molar refractivity (Wildman–Crippen MR) is 77.8 cm³/mol. The van der Waals surface area contributed by atoms with Crippen LogP contribution < -0.4 is 5.56 Å². The van der Waals surface area contributed by atoms with Crippen LogP contribution in [0.15, 0.2) is 39.2 Å². The molecule has 2 heterocycles. The Hall–Kier alpha value is -1.66. The first-order valence-electron chi connectivity index (χ1n) is 6.50. The third-order valence-electron chi connectivity index (χ3n) is 2.68. The molecular weight excluding hydrogens is 274 g/mol. The van der Waals surface area contributed by atoms with Gasteiger partial charge in [-0.05, 0) is 25.5 Å². The van der Waals surface area contributed by atoms with E-state index in [0.717, 1.165) is 23.4 Å². The Balaban J connectivity index is 2.18. The summed E-state index contributed by atoms with van der Waals surface area (Å²) in [7, 11) is 0. The monoisotopic (exact) mass is 291 g/mol. The Morgan fingerprint density at radius 1 is 1.45 bits per heavy atom. The second kappa shape index (κ2) is 6.67. The minimum absolute atomic E-state index is 0.139. The Bertz CT molecular complexity index is 623. The van der Waals surface area contributed by atoms with Gasteiger partial charge < -0.3 is 10.1 Å². The molecule has 1 unspecified atom stereocenters. The second-order valence-corrected chi connectivity index (χ2v) is 5.55. The van der Waals surface area contributed by atoms with Crippen molar-refractivity contribution in [1.82, 2.24) is 15.0 Å². The molecule has 2 N–H and O–H groups in total. The van der Waals surface area contributed by atoms with Crippen LogP contribution in [0.1, 0.15) is 37.8 Å². The second-order valence-electron chi connectivity index (χ2n) is 4.49. The van der Waals surface area contributed by atoms with Crippen LogP contribution >= 0.6 is 11.8 Å². The van der Waals surface area contributed by atoms with E-state index in [1.54, 1.807) is 19.2 Å². The Kier molecular flexibility index (Phi) is 4.92. The fourth-order valence-electron chi connectivity index (χ4n) is 1.73. The number of nitrogens with one attached hydrogen (secondary N) is 1. The van der Waals surface area contributed by atoms with E-state index in [9.17, 15) is 9.90 Å². The van der Waals surface area contributed by atoms with Gasteiger partial charge >= 0.3 is 0 Å². The van der Waals surface area contributed by atoms with E-state index in [0.29, 0.717) is 10.9 Å². The average molecular weight is 291 g/mol. The lowest BCUT2D eigenvalue weighted by atomic mass is 10.2. The van der Waals surface area contributed by atoms with Crippen molar-refractivity contribution >= 4 is 11.8 Å². The summed E-state index contributed by atoms with van der Waals surface area (Å²) < 4.78 is 0. The summed E-state index contributed by atoms with van der Waals surface area (Å²) in [6, 6.07) is 5.15. The minimum atomic E-state index is -0.583. The van der Waals surface area contributed by atoms with Crippen LogP contribution in [-0.2, 0) is 6.42 Å². The van der Waals surface area contributed by atoms with Gasteiger partial charge in [-0.1, -0.05) is 25.1 Å². The fraction of sp³-hybridized carbons (Fsp3) is 0.357. The zero-order valence-electron chi connectivity index (χ0n) is 11.5. The van der Waals surface area contributed by atoms with Gasteiger partial charge in [-0.3, -0.25) is 9.78 Å². The Labute approximate surface area is 121 Å². The molecule has 0 fully saturated rings. The molecule has 6 heteroatoms. The number of aliphatic hydroxyl groups is 1. The maximum absolute atomic E-state index is 11.6. The van der Waals surface area contributed by atoms with Gasteiger partial charge in [0.2, 0.25) is 0 Å². The highest BCUT2D eigenvalue weighted by atomic mass is 32.2. The number of aliphatic hydroxyl groups excluding tert-OH is 1. The van der Waals surface area contributed by atoms with Crippen LogP contribution in [0, 0.1) is 0 Å². The van der Waals surface area contributed by atoms with Gasteiger partial charge in [0.25, 0.3) is 5.56 Å². The number of aromatic amines is 1. The van der Waals surface area contributed by atoms with Gasteiger partial charge in [-0.15, -0.1) is 0 Å². The van der Waals surface area contributed by atoms with Crippen molar-refractivity contribution in [1.29, 1.82) is 0 Å². The van der Waals surface area contributed by atoms with Crippen molar-refractivity contribution in [3.05, 3.63) is 46.1 Å². The van der Waals surface area contributed by atoms with Gasteiger partial charge in [0.1, 0.15) is 0 Å². The van der Waals surface area contributed by atoms with Crippen molar-refractivity contribution in [2.45, 2.75) is 42.8 Å². The number of hydrogen-bond acceptors (Lipinski definition) is 5. The van der Waals surface area contributed by atoms with E-state index < -0.39 is 6.10 Å². The number of aromatic nitrogens is 3. The van der Waals surface area contributed by atoms with Gasteiger partial charge in [0, 0.05) is 22.9 Å². The van der Waals surface area contributed by atoms with Crippen LogP contribution in [0.2, 0.25) is 0 Å². The highest BCUT2D eigenvalue weighted by Gasteiger charge is 2.06. The predicted octanol–water partition coefficient (Wildman–Crippen LogP) is 2.32. The maximum Gasteiger partial charge on any atom is 0.251 e. The highest BCUT2D eigenvalue weighted by molar-refractivity contribution is 7.99. The number of hydrogen-bond donors (Lipinski definition) is 2. The van der Waals surface area contributed by atoms with Gasteiger partial charge in [-0.25, -0.2) is 4.98 Å². The number of H-pyrrole nitrogens is 1. The number of pyridine rings is 1. The van der Waals surface area contributed by atoms with Gasteiger partial charge in [0.15, 0.2) is 5.16 Å². The highest BCUT2D eigenvalue weighted by Crippen LogP contribution is 2.24. The molecule has 20 heavy (non-hydrogen) atoms. The molecule has 0 spiro atoms. The molecule has 0 amide bonds. The Morgan fingerprint density at radius 3 is 2.85 bits per heavy atom. The summed E-state index contributed by atoms with van der Waals surface area (Å²) in [5, 5.41) is 9.97. The molecule has 2 rings (SSSR count). The van der Waals surface area contributed by atoms with Gasteiger partial charge in [0.05, 0.1) is 11.8 Å². The summed E-state index contributed by atoms with van der Waals surface area (Å²) in [6.45, 7) is 3.72. The lowest BCUT2D eigenvalue weighted by Gasteiger charge is -2.05. The largest absolute Gasteiger partial charge is 0.387 e. The molecule has 2 aromatic heterocycles. The van der Waals surface area contributed by atoms with Crippen LogP contribution in [-0.4, -0.2) is 20.1 Å². The van der Waals surface area contributed by atoms with Crippen LogP contribution in [0.3, 0.4) is 0 Å². The molecule has 0 radical (unpaired) electrons. The lowest BCUT2D eigenvalue weighted by molar-refractivity contribution is 0.194. The average Bonchev–Trinajstić information content (AvgIpc) is 2.39. The van der Waals surface area contributed by atoms with Gasteiger partial charge in [-0.2, -0.15) is 0 Å². The molecule has 2 aromatic rings. The summed E-state index contributed by atoms with van der Waals surface area (Å²) in [5.74, 6) is 0. The third kappa shape index (κ3) is 3.91. The molecular formula is C14H17N3O2S. The van der Waals surface area contributed by atoms with E-state index in [1.807, 2.05) is 13.0 Å². The zero-order chi connectivity index (χ0) is 14.5. The molecule has 0 aliphatic carbocycles. The first kappa shape index (κ1) is 14.7. The molecule has 0 aromatic carbocycles. The molecule has 0 saturated heterocycles. The van der Waals surface area contributed by atoms with Crippen molar-refractivity contribution < 1.29 is 5.11 Å². The molecule has 0 bridgehead atoms. The van der Waals surface area contributed by atoms with Crippen LogP contribution in [0.5, 0.6) is 0 Å². The third-order valence-corrected chi connectivity index (χ3v) is 3.54. The van der Waals surface area contributed by atoms with Crippen molar-refractivity contribution in [3.63, 3.8) is 0 Å². The standard InChI is InChI=1S/C14H17N3O2S/c1-3-4-10-7-13(19)17-14(16-10)20-11-5-6-12(9(2)18)15-8-11/h5-9,18H,3-4H2,1-2H3,(H,16,17,19). The Morgan fingerprint density at radius 2 is 2.25 bits per heavy atom. The lowest BCUT2D eigenvalue weighted by Crippen LogP contribution is -2.09. The van der Waals surface area contributed by atoms with Crippen LogP contribution in [0.25, 0.3) is 0 Å². The molecule has 0 aliphatic heterocycles. The maximum atomic E-state index is 11.6. The summed E-state index contributed by atoms with van der Waals surface area (Å²) in [5.41, 5.74) is 1.28. The smallest absolute Gasteiger partial charge is 0.251 e. The summed E-state index contributed by atoms with van der Waals surface area (Å²) in [4.78, 5) is 23.7. The van der Waals surface area contributed by atoms with E-state index >= 15 is 0 Å².